The first kappa shape index (κ1) is 18.0. The molecule has 120 valence electrons. The predicted molar refractivity (Wildman–Crippen MR) is 80.8 cm³/mol. The van der Waals surface area contributed by atoms with E-state index in [0.717, 1.165) is 12.0 Å². The molecule has 1 atom stereocenters. The van der Waals surface area contributed by atoms with Crippen molar-refractivity contribution in [2.24, 2.45) is 11.7 Å². The fourth-order valence-corrected chi connectivity index (χ4v) is 1.99. The lowest BCUT2D eigenvalue weighted by molar-refractivity contribution is 0.0220. The molecule has 1 aromatic rings. The van der Waals surface area contributed by atoms with Gasteiger partial charge in [0.15, 0.2) is 0 Å². The monoisotopic (exact) mass is 299 g/mol. The summed E-state index contributed by atoms with van der Waals surface area (Å²) < 4.78 is 29.2. The third-order valence-corrected chi connectivity index (χ3v) is 3.27. The first-order valence-electron chi connectivity index (χ1n) is 7.35. The van der Waals surface area contributed by atoms with Crippen molar-refractivity contribution in [2.45, 2.75) is 12.8 Å². The lowest BCUT2D eigenvalue weighted by Gasteiger charge is -2.15. The van der Waals surface area contributed by atoms with Gasteiger partial charge in [-0.25, -0.2) is 4.39 Å². The van der Waals surface area contributed by atoms with Crippen molar-refractivity contribution >= 4 is 0 Å². The van der Waals surface area contributed by atoms with Gasteiger partial charge in [0.1, 0.15) is 5.82 Å². The van der Waals surface area contributed by atoms with Crippen LogP contribution in [0.2, 0.25) is 0 Å². The highest BCUT2D eigenvalue weighted by atomic mass is 19.1. The maximum atomic E-state index is 13.6. The number of halogens is 1. The molecule has 0 aliphatic carbocycles. The maximum absolute atomic E-state index is 13.6. The van der Waals surface area contributed by atoms with Gasteiger partial charge in [-0.1, -0.05) is 18.2 Å². The largest absolute Gasteiger partial charge is 0.382 e. The number of methoxy groups -OCH3 is 1. The Kier molecular flexibility index (Phi) is 9.99. The highest BCUT2D eigenvalue weighted by molar-refractivity contribution is 5.17. The van der Waals surface area contributed by atoms with Crippen LogP contribution in [0.1, 0.15) is 12.0 Å². The lowest BCUT2D eigenvalue weighted by Crippen LogP contribution is -2.20. The molecule has 0 saturated heterocycles. The molecular weight excluding hydrogens is 273 g/mol. The zero-order chi connectivity index (χ0) is 15.3. The van der Waals surface area contributed by atoms with Gasteiger partial charge < -0.3 is 19.9 Å². The Bertz CT molecular complexity index is 376. The van der Waals surface area contributed by atoms with E-state index in [1.165, 1.54) is 6.07 Å². The van der Waals surface area contributed by atoms with Gasteiger partial charge in [-0.15, -0.1) is 0 Å². The molecule has 0 aliphatic rings. The Morgan fingerprint density at radius 1 is 1.05 bits per heavy atom. The Hall–Kier alpha value is -1.01. The first-order valence-corrected chi connectivity index (χ1v) is 7.35. The summed E-state index contributed by atoms with van der Waals surface area (Å²) in [5.41, 5.74) is 6.47. The molecule has 1 unspecified atom stereocenters. The van der Waals surface area contributed by atoms with Crippen LogP contribution in [0.25, 0.3) is 0 Å². The second-order valence-electron chi connectivity index (χ2n) is 4.90. The minimum atomic E-state index is -0.164. The molecule has 0 aromatic heterocycles. The SMILES string of the molecule is COCCOCCOCCC(CN)Cc1ccccc1F. The van der Waals surface area contributed by atoms with Gasteiger partial charge >= 0.3 is 0 Å². The minimum absolute atomic E-state index is 0.164. The fourth-order valence-electron chi connectivity index (χ4n) is 1.99. The van der Waals surface area contributed by atoms with Crippen molar-refractivity contribution in [1.82, 2.24) is 0 Å². The number of hydrogen-bond donors (Lipinski definition) is 1. The molecule has 5 heteroatoms. The Balaban J connectivity index is 2.13. The van der Waals surface area contributed by atoms with E-state index >= 15 is 0 Å². The van der Waals surface area contributed by atoms with E-state index in [0.29, 0.717) is 46.0 Å². The quantitative estimate of drug-likeness (QED) is 0.600. The second-order valence-corrected chi connectivity index (χ2v) is 4.90. The highest BCUT2D eigenvalue weighted by Crippen LogP contribution is 2.14. The van der Waals surface area contributed by atoms with Gasteiger partial charge in [-0.05, 0) is 36.9 Å². The smallest absolute Gasteiger partial charge is 0.126 e. The molecular formula is C16H26FNO3. The molecule has 0 heterocycles. The molecule has 0 bridgehead atoms. The van der Waals surface area contributed by atoms with Gasteiger partial charge in [0.05, 0.1) is 26.4 Å². The van der Waals surface area contributed by atoms with E-state index in [1.54, 1.807) is 13.2 Å². The lowest BCUT2D eigenvalue weighted by atomic mass is 9.96. The molecule has 4 nitrogen and oxygen atoms in total. The fraction of sp³-hybridized carbons (Fsp3) is 0.625. The maximum Gasteiger partial charge on any atom is 0.126 e. The zero-order valence-electron chi connectivity index (χ0n) is 12.7. The van der Waals surface area contributed by atoms with Crippen LogP contribution in [-0.2, 0) is 20.6 Å². The number of benzene rings is 1. The summed E-state index contributed by atoms with van der Waals surface area (Å²) in [6.07, 6.45) is 1.47. The summed E-state index contributed by atoms with van der Waals surface area (Å²) in [4.78, 5) is 0. The average Bonchev–Trinajstić information content (AvgIpc) is 2.50. The van der Waals surface area contributed by atoms with Crippen LogP contribution in [0.4, 0.5) is 4.39 Å². The van der Waals surface area contributed by atoms with Gasteiger partial charge in [-0.2, -0.15) is 0 Å². The molecule has 0 amide bonds. The van der Waals surface area contributed by atoms with Crippen LogP contribution in [0.5, 0.6) is 0 Å². The van der Waals surface area contributed by atoms with Gasteiger partial charge in [0, 0.05) is 13.7 Å². The van der Waals surface area contributed by atoms with E-state index in [9.17, 15) is 4.39 Å². The summed E-state index contributed by atoms with van der Waals surface area (Å²) in [6, 6.07) is 6.84. The highest BCUT2D eigenvalue weighted by Gasteiger charge is 2.10. The van der Waals surface area contributed by atoms with Crippen LogP contribution in [0, 0.1) is 11.7 Å². The van der Waals surface area contributed by atoms with Crippen molar-refractivity contribution in [2.75, 3.05) is 46.7 Å². The predicted octanol–water partition coefficient (Wildman–Crippen LogP) is 2.01. The van der Waals surface area contributed by atoms with Crippen LogP contribution >= 0.6 is 0 Å². The summed E-state index contributed by atoms with van der Waals surface area (Å²) in [5.74, 6) is 0.0692. The Labute approximate surface area is 126 Å². The first-order chi connectivity index (χ1) is 10.3. The van der Waals surface area contributed by atoms with Gasteiger partial charge in [-0.3, -0.25) is 0 Å². The van der Waals surface area contributed by atoms with Crippen LogP contribution < -0.4 is 5.73 Å². The van der Waals surface area contributed by atoms with E-state index in [2.05, 4.69) is 0 Å². The number of hydrogen-bond acceptors (Lipinski definition) is 4. The molecule has 0 aliphatic heterocycles. The van der Waals surface area contributed by atoms with Crippen LogP contribution in [0.3, 0.4) is 0 Å². The number of ether oxygens (including phenoxy) is 3. The molecule has 1 rings (SSSR count). The van der Waals surface area contributed by atoms with E-state index in [4.69, 9.17) is 19.9 Å². The average molecular weight is 299 g/mol. The molecule has 0 spiro atoms. The van der Waals surface area contributed by atoms with Crippen molar-refractivity contribution in [1.29, 1.82) is 0 Å². The molecule has 0 saturated carbocycles. The van der Waals surface area contributed by atoms with E-state index < -0.39 is 0 Å². The van der Waals surface area contributed by atoms with Crippen molar-refractivity contribution < 1.29 is 18.6 Å². The zero-order valence-corrected chi connectivity index (χ0v) is 12.7. The molecule has 0 fully saturated rings. The van der Waals surface area contributed by atoms with Gasteiger partial charge in [0.25, 0.3) is 0 Å². The molecule has 0 radical (unpaired) electrons. The second kappa shape index (κ2) is 11.6. The third kappa shape index (κ3) is 8.12. The topological polar surface area (TPSA) is 53.7 Å². The van der Waals surface area contributed by atoms with Gasteiger partial charge in [0.2, 0.25) is 0 Å². The molecule has 1 aromatic carbocycles. The third-order valence-electron chi connectivity index (χ3n) is 3.27. The Morgan fingerprint density at radius 2 is 1.71 bits per heavy atom. The van der Waals surface area contributed by atoms with Crippen molar-refractivity contribution in [3.8, 4) is 0 Å². The summed E-state index contributed by atoms with van der Waals surface area (Å²) in [6.45, 7) is 3.44. The van der Waals surface area contributed by atoms with Crippen molar-refractivity contribution in [3.63, 3.8) is 0 Å². The van der Waals surface area contributed by atoms with E-state index in [1.807, 2.05) is 12.1 Å². The summed E-state index contributed by atoms with van der Waals surface area (Å²) >= 11 is 0. The minimum Gasteiger partial charge on any atom is -0.382 e. The normalized spacial score (nSPS) is 12.5. The van der Waals surface area contributed by atoms with Crippen LogP contribution in [0.15, 0.2) is 24.3 Å². The standard InChI is InChI=1S/C16H26FNO3/c1-19-8-9-21-11-10-20-7-6-14(13-18)12-15-4-2-3-5-16(15)17/h2-5,14H,6-13,18H2,1H3. The molecule has 21 heavy (non-hydrogen) atoms. The Morgan fingerprint density at radius 3 is 2.38 bits per heavy atom. The molecule has 2 N–H and O–H groups in total. The summed E-state index contributed by atoms with van der Waals surface area (Å²) in [7, 11) is 1.64. The van der Waals surface area contributed by atoms with E-state index in [-0.39, 0.29) is 11.7 Å². The number of rotatable bonds is 12. The summed E-state index contributed by atoms with van der Waals surface area (Å²) in [5, 5.41) is 0. The van der Waals surface area contributed by atoms with Crippen molar-refractivity contribution in [3.05, 3.63) is 35.6 Å². The van der Waals surface area contributed by atoms with Crippen LogP contribution in [-0.4, -0.2) is 46.7 Å². The number of nitrogens with two attached hydrogens (primary N) is 1.